The lowest BCUT2D eigenvalue weighted by atomic mass is 10.0. The van der Waals surface area contributed by atoms with Crippen molar-refractivity contribution in [1.82, 2.24) is 9.97 Å². The minimum atomic E-state index is -0.466. The van der Waals surface area contributed by atoms with Gasteiger partial charge in [0.1, 0.15) is 0 Å². The van der Waals surface area contributed by atoms with Gasteiger partial charge >= 0.3 is 5.97 Å². The number of nitrogens with zero attached hydrogens (tertiary/aromatic N) is 2. The molecule has 3 aromatic rings. The van der Waals surface area contributed by atoms with E-state index in [0.717, 1.165) is 22.2 Å². The number of ether oxygens (including phenoxy) is 1. The standard InChI is InChI=1S/C20H18N2O3S/c1-13-9-14(2)22-20(21-13)26-12-19(24)25-11-18(23)17-8-7-15-5-3-4-6-16(15)10-17/h3-10H,11-12H2,1-2H3. The lowest BCUT2D eigenvalue weighted by Crippen LogP contribution is -2.15. The summed E-state index contributed by atoms with van der Waals surface area (Å²) in [6.07, 6.45) is 0. The Morgan fingerprint density at radius 3 is 2.38 bits per heavy atom. The van der Waals surface area contributed by atoms with Crippen LogP contribution in [0.3, 0.4) is 0 Å². The van der Waals surface area contributed by atoms with E-state index >= 15 is 0 Å². The summed E-state index contributed by atoms with van der Waals surface area (Å²) >= 11 is 1.20. The fourth-order valence-electron chi connectivity index (χ4n) is 2.52. The van der Waals surface area contributed by atoms with E-state index in [-0.39, 0.29) is 18.1 Å². The Labute approximate surface area is 155 Å². The molecule has 132 valence electrons. The maximum absolute atomic E-state index is 12.2. The summed E-state index contributed by atoms with van der Waals surface area (Å²) in [4.78, 5) is 32.6. The molecule has 2 aromatic carbocycles. The smallest absolute Gasteiger partial charge is 0.316 e. The van der Waals surface area contributed by atoms with Crippen molar-refractivity contribution in [3.63, 3.8) is 0 Å². The molecule has 0 unspecified atom stereocenters. The molecule has 1 aromatic heterocycles. The zero-order valence-corrected chi connectivity index (χ0v) is 15.4. The van der Waals surface area contributed by atoms with Crippen molar-refractivity contribution in [2.75, 3.05) is 12.4 Å². The van der Waals surface area contributed by atoms with Crippen molar-refractivity contribution in [2.45, 2.75) is 19.0 Å². The van der Waals surface area contributed by atoms with Gasteiger partial charge in [-0.15, -0.1) is 0 Å². The van der Waals surface area contributed by atoms with E-state index in [0.29, 0.717) is 10.7 Å². The molecule has 0 atom stereocenters. The van der Waals surface area contributed by atoms with Crippen molar-refractivity contribution in [3.05, 3.63) is 65.5 Å². The minimum Gasteiger partial charge on any atom is -0.457 e. The number of hydrogen-bond donors (Lipinski definition) is 0. The van der Waals surface area contributed by atoms with Crippen LogP contribution in [0.1, 0.15) is 21.7 Å². The van der Waals surface area contributed by atoms with Crippen LogP contribution in [0.15, 0.2) is 53.7 Å². The van der Waals surface area contributed by atoms with Gasteiger partial charge in [0.15, 0.2) is 17.5 Å². The van der Waals surface area contributed by atoms with E-state index in [9.17, 15) is 9.59 Å². The summed E-state index contributed by atoms with van der Waals surface area (Å²) in [6, 6.07) is 15.1. The number of esters is 1. The second-order valence-corrected chi connectivity index (χ2v) is 6.81. The second kappa shape index (κ2) is 8.10. The zero-order chi connectivity index (χ0) is 18.5. The first kappa shape index (κ1) is 18.1. The average molecular weight is 366 g/mol. The molecule has 0 aliphatic rings. The number of thioether (sulfide) groups is 1. The number of ketones is 1. The largest absolute Gasteiger partial charge is 0.457 e. The van der Waals surface area contributed by atoms with Gasteiger partial charge < -0.3 is 4.74 Å². The number of fused-ring (bicyclic) bond motifs is 1. The van der Waals surface area contributed by atoms with Crippen molar-refractivity contribution in [1.29, 1.82) is 0 Å². The molecule has 0 N–H and O–H groups in total. The molecule has 6 heteroatoms. The first-order valence-electron chi connectivity index (χ1n) is 8.14. The topological polar surface area (TPSA) is 69.2 Å². The lowest BCUT2D eigenvalue weighted by Gasteiger charge is -2.06. The Kier molecular flexibility index (Phi) is 5.63. The first-order valence-corrected chi connectivity index (χ1v) is 9.12. The van der Waals surface area contributed by atoms with Gasteiger partial charge in [0, 0.05) is 17.0 Å². The summed E-state index contributed by atoms with van der Waals surface area (Å²) in [5, 5.41) is 2.57. The molecule has 5 nitrogen and oxygen atoms in total. The summed E-state index contributed by atoms with van der Waals surface area (Å²) in [5.74, 6) is -0.628. The molecule has 0 radical (unpaired) electrons. The fourth-order valence-corrected chi connectivity index (χ4v) is 3.26. The van der Waals surface area contributed by atoms with Crippen molar-refractivity contribution in [3.8, 4) is 0 Å². The molecule has 0 saturated heterocycles. The molecule has 1 heterocycles. The zero-order valence-electron chi connectivity index (χ0n) is 14.6. The van der Waals surface area contributed by atoms with Gasteiger partial charge in [-0.3, -0.25) is 9.59 Å². The van der Waals surface area contributed by atoms with Gasteiger partial charge in [-0.2, -0.15) is 0 Å². The monoisotopic (exact) mass is 366 g/mol. The predicted molar refractivity (Wildman–Crippen MR) is 101 cm³/mol. The molecule has 0 amide bonds. The third-order valence-electron chi connectivity index (χ3n) is 3.72. The molecule has 0 aliphatic carbocycles. The van der Waals surface area contributed by atoms with Gasteiger partial charge in [0.05, 0.1) is 5.75 Å². The number of carbonyl (C=O) groups excluding carboxylic acids is 2. The van der Waals surface area contributed by atoms with E-state index in [2.05, 4.69) is 9.97 Å². The Hall–Kier alpha value is -2.73. The first-order chi connectivity index (χ1) is 12.5. The number of hydrogen-bond acceptors (Lipinski definition) is 6. The van der Waals surface area contributed by atoms with Gasteiger partial charge in [0.25, 0.3) is 0 Å². The molecule has 0 saturated carbocycles. The number of aryl methyl sites for hydroxylation is 2. The van der Waals surface area contributed by atoms with Crippen LogP contribution in [0.2, 0.25) is 0 Å². The van der Waals surface area contributed by atoms with Gasteiger partial charge in [0.2, 0.25) is 0 Å². The van der Waals surface area contributed by atoms with Crippen LogP contribution in [0.5, 0.6) is 0 Å². The highest BCUT2D eigenvalue weighted by atomic mass is 32.2. The molecular formula is C20H18N2O3S. The number of benzene rings is 2. The third-order valence-corrected chi connectivity index (χ3v) is 4.54. The molecule has 0 fully saturated rings. The van der Waals surface area contributed by atoms with E-state index in [1.807, 2.05) is 56.3 Å². The maximum atomic E-state index is 12.2. The summed E-state index contributed by atoms with van der Waals surface area (Å²) in [6.45, 7) is 3.48. The normalized spacial score (nSPS) is 10.7. The Morgan fingerprint density at radius 2 is 1.65 bits per heavy atom. The summed E-state index contributed by atoms with van der Waals surface area (Å²) in [7, 11) is 0. The van der Waals surface area contributed by atoms with Crippen LogP contribution >= 0.6 is 11.8 Å². The van der Waals surface area contributed by atoms with Crippen molar-refractivity contribution < 1.29 is 14.3 Å². The molecule has 0 spiro atoms. The van der Waals surface area contributed by atoms with Gasteiger partial charge in [-0.25, -0.2) is 9.97 Å². The Balaban J connectivity index is 1.53. The predicted octanol–water partition coefficient (Wildman–Crippen LogP) is 3.76. The van der Waals surface area contributed by atoms with Crippen molar-refractivity contribution in [2.24, 2.45) is 0 Å². The fraction of sp³-hybridized carbons (Fsp3) is 0.200. The summed E-state index contributed by atoms with van der Waals surface area (Å²) < 4.78 is 5.09. The van der Waals surface area contributed by atoms with Crippen LogP contribution < -0.4 is 0 Å². The molecule has 26 heavy (non-hydrogen) atoms. The van der Waals surface area contributed by atoms with Crippen LogP contribution in [0.25, 0.3) is 10.8 Å². The molecule has 0 bridgehead atoms. The highest BCUT2D eigenvalue weighted by molar-refractivity contribution is 7.99. The van der Waals surface area contributed by atoms with Gasteiger partial charge in [-0.1, -0.05) is 48.2 Å². The number of aromatic nitrogens is 2. The van der Waals surface area contributed by atoms with E-state index in [1.165, 1.54) is 11.8 Å². The third kappa shape index (κ3) is 4.67. The SMILES string of the molecule is Cc1cc(C)nc(SCC(=O)OCC(=O)c2ccc3ccccc3c2)n1. The average Bonchev–Trinajstić information content (AvgIpc) is 2.63. The van der Waals surface area contributed by atoms with Crippen LogP contribution in [-0.2, 0) is 9.53 Å². The number of carbonyl (C=O) groups is 2. The molecule has 0 aliphatic heterocycles. The highest BCUT2D eigenvalue weighted by Gasteiger charge is 2.12. The van der Waals surface area contributed by atoms with Crippen LogP contribution in [-0.4, -0.2) is 34.1 Å². The number of rotatable bonds is 6. The summed E-state index contributed by atoms with van der Waals surface area (Å²) in [5.41, 5.74) is 2.22. The van der Waals surface area contributed by atoms with Crippen LogP contribution in [0.4, 0.5) is 0 Å². The minimum absolute atomic E-state index is 0.0634. The Morgan fingerprint density at radius 1 is 0.962 bits per heavy atom. The second-order valence-electron chi connectivity index (χ2n) is 5.87. The van der Waals surface area contributed by atoms with E-state index < -0.39 is 5.97 Å². The quantitative estimate of drug-likeness (QED) is 0.286. The number of Topliss-reactive ketones (excluding diaryl/α,β-unsaturated/α-hetero) is 1. The van der Waals surface area contributed by atoms with Crippen molar-refractivity contribution >= 4 is 34.3 Å². The van der Waals surface area contributed by atoms with Gasteiger partial charge in [-0.05, 0) is 36.8 Å². The highest BCUT2D eigenvalue weighted by Crippen LogP contribution is 2.17. The Bertz CT molecular complexity index is 952. The lowest BCUT2D eigenvalue weighted by molar-refractivity contribution is -0.139. The van der Waals surface area contributed by atoms with E-state index in [4.69, 9.17) is 4.74 Å². The maximum Gasteiger partial charge on any atom is 0.316 e. The molecular weight excluding hydrogens is 348 g/mol. The van der Waals surface area contributed by atoms with E-state index in [1.54, 1.807) is 6.07 Å². The molecule has 3 rings (SSSR count). The van der Waals surface area contributed by atoms with Crippen LogP contribution in [0, 0.1) is 13.8 Å².